The summed E-state index contributed by atoms with van der Waals surface area (Å²) >= 11 is 1.85. The molecule has 1 aromatic carbocycles. The Bertz CT molecular complexity index is 981. The number of pyridine rings is 1. The summed E-state index contributed by atoms with van der Waals surface area (Å²) in [5.74, 6) is 1.03. The molecule has 29 heavy (non-hydrogen) atoms. The van der Waals surface area contributed by atoms with Crippen molar-refractivity contribution < 1.29 is 4.79 Å². The van der Waals surface area contributed by atoms with Crippen LogP contribution < -0.4 is 0 Å². The molecule has 1 saturated heterocycles. The first kappa shape index (κ1) is 18.5. The van der Waals surface area contributed by atoms with Crippen LogP contribution in [0.3, 0.4) is 0 Å². The Kier molecular flexibility index (Phi) is 5.12. The standard InChI is InChI=1S/C23H24N4OS/c28-22(26-13-11-25(12-14-26)16-18-5-2-1-3-6-18)20-8-10-27-21(20)17-29-23(27)19-7-4-9-24-15-19/h1-10,15,23H,11-14,16-17H2. The van der Waals surface area contributed by atoms with E-state index in [-0.39, 0.29) is 11.3 Å². The number of hydrogen-bond donors (Lipinski definition) is 0. The summed E-state index contributed by atoms with van der Waals surface area (Å²) in [6, 6.07) is 16.6. The number of carbonyl (C=O) groups is 1. The Morgan fingerprint density at radius 1 is 1.03 bits per heavy atom. The van der Waals surface area contributed by atoms with Gasteiger partial charge in [-0.15, -0.1) is 11.8 Å². The van der Waals surface area contributed by atoms with Crippen molar-refractivity contribution in [1.82, 2.24) is 19.4 Å². The van der Waals surface area contributed by atoms with Crippen LogP contribution in [0.5, 0.6) is 0 Å². The molecular weight excluding hydrogens is 380 g/mol. The molecule has 0 radical (unpaired) electrons. The Hall–Kier alpha value is -2.57. The molecule has 1 fully saturated rings. The van der Waals surface area contributed by atoms with Gasteiger partial charge in [0.05, 0.1) is 5.56 Å². The van der Waals surface area contributed by atoms with Crippen molar-refractivity contribution in [3.8, 4) is 0 Å². The van der Waals surface area contributed by atoms with Crippen LogP contribution in [0.4, 0.5) is 0 Å². The number of nitrogens with zero attached hydrogens (tertiary/aromatic N) is 4. The Balaban J connectivity index is 1.25. The zero-order valence-corrected chi connectivity index (χ0v) is 17.1. The molecule has 148 valence electrons. The van der Waals surface area contributed by atoms with Gasteiger partial charge in [-0.25, -0.2) is 0 Å². The number of hydrogen-bond acceptors (Lipinski definition) is 4. The van der Waals surface area contributed by atoms with Gasteiger partial charge in [-0.1, -0.05) is 36.4 Å². The second-order valence-corrected chi connectivity index (χ2v) is 8.66. The van der Waals surface area contributed by atoms with Crippen molar-refractivity contribution >= 4 is 17.7 Å². The first-order valence-corrected chi connectivity index (χ1v) is 11.1. The van der Waals surface area contributed by atoms with Crippen LogP contribution in [0.2, 0.25) is 0 Å². The van der Waals surface area contributed by atoms with Crippen molar-refractivity contribution in [3.63, 3.8) is 0 Å². The van der Waals surface area contributed by atoms with E-state index in [0.29, 0.717) is 0 Å². The van der Waals surface area contributed by atoms with Gasteiger partial charge < -0.3 is 9.47 Å². The zero-order chi connectivity index (χ0) is 19.6. The molecule has 1 unspecified atom stereocenters. The molecule has 2 aliphatic heterocycles. The molecule has 0 saturated carbocycles. The lowest BCUT2D eigenvalue weighted by molar-refractivity contribution is 0.0627. The maximum absolute atomic E-state index is 13.2. The lowest BCUT2D eigenvalue weighted by atomic mass is 10.1. The number of thioether (sulfide) groups is 1. The van der Waals surface area contributed by atoms with E-state index in [9.17, 15) is 4.79 Å². The average Bonchev–Trinajstić information content (AvgIpc) is 3.37. The van der Waals surface area contributed by atoms with Crippen LogP contribution in [0.15, 0.2) is 67.1 Å². The van der Waals surface area contributed by atoms with Crippen LogP contribution >= 0.6 is 11.8 Å². The number of aromatic nitrogens is 2. The largest absolute Gasteiger partial charge is 0.336 e. The predicted octanol–water partition coefficient (Wildman–Crippen LogP) is 3.63. The third-order valence-electron chi connectivity index (χ3n) is 5.76. The quantitative estimate of drug-likeness (QED) is 0.666. The molecule has 1 atom stereocenters. The van der Waals surface area contributed by atoms with Crippen LogP contribution in [0.25, 0.3) is 0 Å². The second kappa shape index (κ2) is 8.05. The zero-order valence-electron chi connectivity index (χ0n) is 16.3. The third-order valence-corrected chi connectivity index (χ3v) is 7.02. The van der Waals surface area contributed by atoms with E-state index in [4.69, 9.17) is 0 Å². The number of fused-ring (bicyclic) bond motifs is 1. The topological polar surface area (TPSA) is 41.4 Å². The van der Waals surface area contributed by atoms with E-state index in [2.05, 4.69) is 51.0 Å². The first-order chi connectivity index (χ1) is 14.3. The minimum Gasteiger partial charge on any atom is -0.336 e. The first-order valence-electron chi connectivity index (χ1n) is 10.1. The molecule has 1 amide bonds. The highest BCUT2D eigenvalue weighted by molar-refractivity contribution is 7.99. The summed E-state index contributed by atoms with van der Waals surface area (Å²) < 4.78 is 2.24. The minimum atomic E-state index is 0.172. The highest BCUT2D eigenvalue weighted by Gasteiger charge is 2.31. The molecular formula is C23H24N4OS. The Labute approximate surface area is 175 Å². The fourth-order valence-corrected chi connectivity index (χ4v) is 5.50. The van der Waals surface area contributed by atoms with Gasteiger partial charge in [-0.05, 0) is 17.7 Å². The van der Waals surface area contributed by atoms with Gasteiger partial charge in [0.15, 0.2) is 0 Å². The molecule has 5 rings (SSSR count). The molecule has 0 spiro atoms. The van der Waals surface area contributed by atoms with Gasteiger partial charge in [-0.2, -0.15) is 0 Å². The number of amides is 1. The van der Waals surface area contributed by atoms with E-state index in [1.54, 1.807) is 6.20 Å². The Morgan fingerprint density at radius 2 is 1.86 bits per heavy atom. The van der Waals surface area contributed by atoms with Gasteiger partial charge in [0.1, 0.15) is 5.37 Å². The van der Waals surface area contributed by atoms with E-state index in [1.807, 2.05) is 41.1 Å². The Morgan fingerprint density at radius 3 is 2.62 bits per heavy atom. The van der Waals surface area contributed by atoms with Gasteiger partial charge in [-0.3, -0.25) is 14.7 Å². The second-order valence-electron chi connectivity index (χ2n) is 7.59. The summed E-state index contributed by atoms with van der Waals surface area (Å²) in [6.45, 7) is 4.37. The number of rotatable bonds is 4. The van der Waals surface area contributed by atoms with E-state index in [1.165, 1.54) is 11.1 Å². The maximum atomic E-state index is 13.2. The molecule has 5 nitrogen and oxygen atoms in total. The lowest BCUT2D eigenvalue weighted by Gasteiger charge is -2.34. The normalized spacial score (nSPS) is 19.3. The SMILES string of the molecule is O=C(c1ccn2c1CSC2c1cccnc1)N1CCN(Cc2ccccc2)CC1. The van der Waals surface area contributed by atoms with Gasteiger partial charge in [0.25, 0.3) is 5.91 Å². The summed E-state index contributed by atoms with van der Waals surface area (Å²) in [5, 5.41) is 0.211. The molecule has 3 aromatic rings. The molecule has 2 aliphatic rings. The number of piperazine rings is 1. The van der Waals surface area contributed by atoms with Crippen LogP contribution in [-0.2, 0) is 12.3 Å². The lowest BCUT2D eigenvalue weighted by Crippen LogP contribution is -2.48. The highest BCUT2D eigenvalue weighted by atomic mass is 32.2. The highest BCUT2D eigenvalue weighted by Crippen LogP contribution is 2.42. The summed E-state index contributed by atoms with van der Waals surface area (Å²) in [5.41, 5.74) is 4.51. The molecule has 6 heteroatoms. The van der Waals surface area contributed by atoms with Gasteiger partial charge in [0.2, 0.25) is 0 Å². The van der Waals surface area contributed by atoms with Crippen LogP contribution in [0.1, 0.15) is 32.6 Å². The fourth-order valence-electron chi connectivity index (χ4n) is 4.18. The molecule has 2 aromatic heterocycles. The molecule has 0 aliphatic carbocycles. The maximum Gasteiger partial charge on any atom is 0.255 e. The van der Waals surface area contributed by atoms with Crippen molar-refractivity contribution in [3.05, 3.63) is 89.5 Å². The molecule has 4 heterocycles. The van der Waals surface area contributed by atoms with Crippen molar-refractivity contribution in [2.75, 3.05) is 26.2 Å². The van der Waals surface area contributed by atoms with Gasteiger partial charge in [0, 0.05) is 68.3 Å². The smallest absolute Gasteiger partial charge is 0.255 e. The van der Waals surface area contributed by atoms with Crippen LogP contribution in [0, 0.1) is 0 Å². The van der Waals surface area contributed by atoms with Gasteiger partial charge >= 0.3 is 0 Å². The van der Waals surface area contributed by atoms with E-state index < -0.39 is 0 Å². The van der Waals surface area contributed by atoms with E-state index in [0.717, 1.165) is 49.7 Å². The monoisotopic (exact) mass is 404 g/mol. The number of carbonyl (C=O) groups excluding carboxylic acids is 1. The van der Waals surface area contributed by atoms with Crippen LogP contribution in [-0.4, -0.2) is 51.4 Å². The fraction of sp³-hybridized carbons (Fsp3) is 0.304. The van der Waals surface area contributed by atoms with E-state index >= 15 is 0 Å². The molecule has 0 bridgehead atoms. The molecule has 0 N–H and O–H groups in total. The average molecular weight is 405 g/mol. The predicted molar refractivity (Wildman–Crippen MR) is 116 cm³/mol. The van der Waals surface area contributed by atoms with Crippen molar-refractivity contribution in [2.24, 2.45) is 0 Å². The summed E-state index contributed by atoms with van der Waals surface area (Å²) in [6.07, 6.45) is 5.78. The third kappa shape index (κ3) is 3.70. The van der Waals surface area contributed by atoms with Crippen molar-refractivity contribution in [1.29, 1.82) is 0 Å². The summed E-state index contributed by atoms with van der Waals surface area (Å²) in [7, 11) is 0. The minimum absolute atomic E-state index is 0.172. The number of benzene rings is 1. The summed E-state index contributed by atoms with van der Waals surface area (Å²) in [4.78, 5) is 21.9. The van der Waals surface area contributed by atoms with Crippen molar-refractivity contribution in [2.45, 2.75) is 17.7 Å².